The molecule has 0 unspecified atom stereocenters. The molecule has 1 aliphatic rings. The highest BCUT2D eigenvalue weighted by Crippen LogP contribution is 2.28. The summed E-state index contributed by atoms with van der Waals surface area (Å²) in [6, 6.07) is 10.1. The van der Waals surface area contributed by atoms with Gasteiger partial charge in [0.1, 0.15) is 10.6 Å². The minimum atomic E-state index is -0.675. The van der Waals surface area contributed by atoms with Crippen molar-refractivity contribution in [3.63, 3.8) is 0 Å². The molecule has 1 amide bonds. The molecule has 0 spiro atoms. The highest BCUT2D eigenvalue weighted by Gasteiger charge is 2.38. The fourth-order valence-electron chi connectivity index (χ4n) is 2.91. The molecule has 1 aromatic heterocycles. The molecule has 1 aromatic carbocycles. The average Bonchev–Trinajstić information content (AvgIpc) is 3.04. The molecule has 4 nitrogen and oxygen atoms in total. The normalized spacial score (nSPS) is 21.1. The monoisotopic (exact) mass is 330 g/mol. The number of carbonyl (C=O) groups is 1. The zero-order valence-corrected chi connectivity index (χ0v) is 14.4. The lowest BCUT2D eigenvalue weighted by atomic mass is 9.94. The molecule has 0 saturated carbocycles. The van der Waals surface area contributed by atoms with Crippen molar-refractivity contribution in [3.05, 3.63) is 41.4 Å². The fraction of sp³-hybridized carbons (Fsp3) is 0.444. The Hall–Kier alpha value is -1.72. The maximum atomic E-state index is 12.7. The van der Waals surface area contributed by atoms with E-state index in [9.17, 15) is 4.79 Å². The molecule has 0 bridgehead atoms. The van der Waals surface area contributed by atoms with Crippen LogP contribution in [-0.2, 0) is 16.1 Å². The SMILES string of the molecule is CN(Cc1csc(-c2ccccc2)n1)C(=O)[C@]1(C)CCCCO1. The van der Waals surface area contributed by atoms with E-state index >= 15 is 0 Å². The summed E-state index contributed by atoms with van der Waals surface area (Å²) in [5.74, 6) is 0.0476. The summed E-state index contributed by atoms with van der Waals surface area (Å²) in [7, 11) is 1.83. The minimum absolute atomic E-state index is 0.0476. The number of hydrogen-bond donors (Lipinski definition) is 0. The van der Waals surface area contributed by atoms with Gasteiger partial charge in [0.15, 0.2) is 0 Å². The first kappa shape index (κ1) is 16.1. The van der Waals surface area contributed by atoms with E-state index in [0.29, 0.717) is 13.2 Å². The Bertz CT molecular complexity index is 663. The van der Waals surface area contributed by atoms with Crippen LogP contribution in [0.3, 0.4) is 0 Å². The van der Waals surface area contributed by atoms with Gasteiger partial charge in [0.25, 0.3) is 5.91 Å². The molecule has 0 N–H and O–H groups in total. The van der Waals surface area contributed by atoms with Gasteiger partial charge in [-0.3, -0.25) is 4.79 Å². The minimum Gasteiger partial charge on any atom is -0.365 e. The lowest BCUT2D eigenvalue weighted by Crippen LogP contribution is -2.48. The number of nitrogens with zero attached hydrogens (tertiary/aromatic N) is 2. The van der Waals surface area contributed by atoms with E-state index in [2.05, 4.69) is 4.98 Å². The molecule has 2 heterocycles. The fourth-order valence-corrected chi connectivity index (χ4v) is 3.73. The molecule has 122 valence electrons. The van der Waals surface area contributed by atoms with Crippen LogP contribution in [-0.4, -0.2) is 35.0 Å². The second kappa shape index (κ2) is 6.81. The van der Waals surface area contributed by atoms with Crippen LogP contribution in [0.1, 0.15) is 31.9 Å². The zero-order chi connectivity index (χ0) is 16.3. The van der Waals surface area contributed by atoms with Gasteiger partial charge in [-0.2, -0.15) is 0 Å². The molecule has 1 atom stereocenters. The van der Waals surface area contributed by atoms with Crippen molar-refractivity contribution in [2.75, 3.05) is 13.7 Å². The first-order valence-electron chi connectivity index (χ1n) is 7.98. The van der Waals surface area contributed by atoms with E-state index in [-0.39, 0.29) is 5.91 Å². The van der Waals surface area contributed by atoms with Gasteiger partial charge in [0, 0.05) is 24.6 Å². The number of carbonyl (C=O) groups excluding carboxylic acids is 1. The standard InChI is InChI=1S/C18H22N2O2S/c1-18(10-6-7-11-22-18)17(21)20(2)12-15-13-23-16(19-15)14-8-4-3-5-9-14/h3-5,8-9,13H,6-7,10-12H2,1-2H3/t18-/m0/s1. The van der Waals surface area contributed by atoms with Crippen molar-refractivity contribution >= 4 is 17.2 Å². The Kier molecular flexibility index (Phi) is 4.78. The molecular weight excluding hydrogens is 308 g/mol. The molecule has 1 aliphatic heterocycles. The van der Waals surface area contributed by atoms with Crippen molar-refractivity contribution in [1.29, 1.82) is 0 Å². The smallest absolute Gasteiger partial charge is 0.254 e. The van der Waals surface area contributed by atoms with E-state index in [1.807, 2.05) is 49.7 Å². The molecule has 0 radical (unpaired) electrons. The predicted molar refractivity (Wildman–Crippen MR) is 92.2 cm³/mol. The molecule has 23 heavy (non-hydrogen) atoms. The highest BCUT2D eigenvalue weighted by molar-refractivity contribution is 7.13. The van der Waals surface area contributed by atoms with Crippen LogP contribution >= 0.6 is 11.3 Å². The Morgan fingerprint density at radius 1 is 1.35 bits per heavy atom. The Labute approximate surface area is 141 Å². The molecule has 0 aliphatic carbocycles. The van der Waals surface area contributed by atoms with Crippen molar-refractivity contribution in [2.24, 2.45) is 0 Å². The molecule has 5 heteroatoms. The number of benzene rings is 1. The van der Waals surface area contributed by atoms with Crippen molar-refractivity contribution in [1.82, 2.24) is 9.88 Å². The molecule has 2 aromatic rings. The number of likely N-dealkylation sites (N-methyl/N-ethyl adjacent to an activating group) is 1. The van der Waals surface area contributed by atoms with Gasteiger partial charge in [-0.05, 0) is 26.2 Å². The van der Waals surface area contributed by atoms with Crippen molar-refractivity contribution in [3.8, 4) is 10.6 Å². The van der Waals surface area contributed by atoms with Gasteiger partial charge in [0.2, 0.25) is 0 Å². The second-order valence-electron chi connectivity index (χ2n) is 6.21. The van der Waals surface area contributed by atoms with Crippen LogP contribution in [0.2, 0.25) is 0 Å². The molecular formula is C18H22N2O2S. The first-order chi connectivity index (χ1) is 11.1. The number of aromatic nitrogens is 1. The number of hydrogen-bond acceptors (Lipinski definition) is 4. The molecule has 1 saturated heterocycles. The van der Waals surface area contributed by atoms with Crippen LogP contribution in [0.5, 0.6) is 0 Å². The summed E-state index contributed by atoms with van der Waals surface area (Å²) >= 11 is 1.61. The Balaban J connectivity index is 1.67. The Morgan fingerprint density at radius 2 is 2.13 bits per heavy atom. The van der Waals surface area contributed by atoms with Crippen molar-refractivity contribution < 1.29 is 9.53 Å². The zero-order valence-electron chi connectivity index (χ0n) is 13.6. The van der Waals surface area contributed by atoms with Crippen LogP contribution in [0.15, 0.2) is 35.7 Å². The van der Waals surface area contributed by atoms with Crippen LogP contribution in [0, 0.1) is 0 Å². The molecule has 3 rings (SSSR count). The number of thiazole rings is 1. The summed E-state index contributed by atoms with van der Waals surface area (Å²) in [5.41, 5.74) is 1.36. The second-order valence-corrected chi connectivity index (χ2v) is 7.07. The predicted octanol–water partition coefficient (Wildman–Crippen LogP) is 3.73. The van der Waals surface area contributed by atoms with Crippen LogP contribution in [0.4, 0.5) is 0 Å². The number of rotatable bonds is 4. The average molecular weight is 330 g/mol. The highest BCUT2D eigenvalue weighted by atomic mass is 32.1. The van der Waals surface area contributed by atoms with Gasteiger partial charge >= 0.3 is 0 Å². The summed E-state index contributed by atoms with van der Waals surface area (Å²) in [6.07, 6.45) is 2.88. The van der Waals surface area contributed by atoms with E-state index < -0.39 is 5.60 Å². The quantitative estimate of drug-likeness (QED) is 0.858. The van der Waals surface area contributed by atoms with Gasteiger partial charge in [-0.1, -0.05) is 30.3 Å². The number of ether oxygens (including phenoxy) is 1. The topological polar surface area (TPSA) is 42.4 Å². The number of amides is 1. The largest absolute Gasteiger partial charge is 0.365 e. The van der Waals surface area contributed by atoms with E-state index in [4.69, 9.17) is 4.74 Å². The first-order valence-corrected chi connectivity index (χ1v) is 8.86. The van der Waals surface area contributed by atoms with Gasteiger partial charge in [-0.25, -0.2) is 4.98 Å². The van der Waals surface area contributed by atoms with Gasteiger partial charge in [0.05, 0.1) is 12.2 Å². The van der Waals surface area contributed by atoms with E-state index in [1.54, 1.807) is 16.2 Å². The lowest BCUT2D eigenvalue weighted by molar-refractivity contribution is -0.161. The van der Waals surface area contributed by atoms with E-state index in [0.717, 1.165) is 35.5 Å². The van der Waals surface area contributed by atoms with Gasteiger partial charge < -0.3 is 9.64 Å². The summed E-state index contributed by atoms with van der Waals surface area (Å²) in [4.78, 5) is 19.1. The third-order valence-corrected chi connectivity index (χ3v) is 5.18. The summed E-state index contributed by atoms with van der Waals surface area (Å²) < 4.78 is 5.75. The van der Waals surface area contributed by atoms with Gasteiger partial charge in [-0.15, -0.1) is 11.3 Å². The maximum absolute atomic E-state index is 12.7. The third-order valence-electron chi connectivity index (χ3n) is 4.24. The maximum Gasteiger partial charge on any atom is 0.254 e. The van der Waals surface area contributed by atoms with Crippen LogP contribution < -0.4 is 0 Å². The van der Waals surface area contributed by atoms with Crippen LogP contribution in [0.25, 0.3) is 10.6 Å². The Morgan fingerprint density at radius 3 is 2.83 bits per heavy atom. The molecule has 1 fully saturated rings. The third kappa shape index (κ3) is 3.62. The van der Waals surface area contributed by atoms with Crippen molar-refractivity contribution in [2.45, 2.75) is 38.3 Å². The van der Waals surface area contributed by atoms with E-state index in [1.165, 1.54) is 0 Å². The lowest BCUT2D eigenvalue weighted by Gasteiger charge is -2.35. The summed E-state index contributed by atoms with van der Waals surface area (Å²) in [6.45, 7) is 3.09. The summed E-state index contributed by atoms with van der Waals surface area (Å²) in [5, 5.41) is 3.01.